The highest BCUT2D eigenvalue weighted by atomic mass is 19.1. The molecular formula is C16H16FNO2. The molecular weight excluding hydrogens is 257 g/mol. The smallest absolute Gasteiger partial charge is 0.161 e. The van der Waals surface area contributed by atoms with Gasteiger partial charge in [0.25, 0.3) is 0 Å². The number of ether oxygens (including phenoxy) is 2. The van der Waals surface area contributed by atoms with Crippen LogP contribution in [-0.2, 0) is 6.54 Å². The molecule has 1 aliphatic heterocycles. The van der Waals surface area contributed by atoms with Crippen LogP contribution in [0.5, 0.6) is 11.5 Å². The van der Waals surface area contributed by atoms with E-state index in [1.807, 2.05) is 18.2 Å². The zero-order valence-electron chi connectivity index (χ0n) is 11.1. The Bertz CT molecular complexity index is 628. The Morgan fingerprint density at radius 1 is 1.00 bits per heavy atom. The summed E-state index contributed by atoms with van der Waals surface area (Å²) in [6.45, 7) is 1.60. The standard InChI is InChI=1S/C16H16FNO2/c17-13-3-4-14(12(8-13)10-18)11-2-5-15-16(9-11)20-7-1-6-19-15/h2-5,8-9H,1,6-7,10,18H2. The fraction of sp³-hybridized carbons (Fsp3) is 0.250. The minimum atomic E-state index is -0.274. The maximum absolute atomic E-state index is 13.3. The second kappa shape index (κ2) is 5.51. The first-order chi connectivity index (χ1) is 9.78. The first-order valence-corrected chi connectivity index (χ1v) is 6.66. The van der Waals surface area contributed by atoms with Gasteiger partial charge in [0.05, 0.1) is 13.2 Å². The molecule has 0 radical (unpaired) electrons. The summed E-state index contributed by atoms with van der Waals surface area (Å²) in [5.41, 5.74) is 8.35. The summed E-state index contributed by atoms with van der Waals surface area (Å²) in [5.74, 6) is 1.21. The molecule has 2 N–H and O–H groups in total. The predicted octanol–water partition coefficient (Wildman–Crippen LogP) is 3.11. The second-order valence-electron chi connectivity index (χ2n) is 4.72. The Balaban J connectivity index is 2.04. The van der Waals surface area contributed by atoms with Gasteiger partial charge in [-0.05, 0) is 41.0 Å². The molecule has 0 fully saturated rings. The molecule has 4 heteroatoms. The predicted molar refractivity (Wildman–Crippen MR) is 75.3 cm³/mol. The fourth-order valence-electron chi connectivity index (χ4n) is 2.34. The molecule has 0 atom stereocenters. The molecule has 3 nitrogen and oxygen atoms in total. The van der Waals surface area contributed by atoms with E-state index >= 15 is 0 Å². The van der Waals surface area contributed by atoms with Gasteiger partial charge in [-0.25, -0.2) is 4.39 Å². The minimum Gasteiger partial charge on any atom is -0.490 e. The molecule has 0 bridgehead atoms. The number of benzene rings is 2. The average Bonchev–Trinajstić information content (AvgIpc) is 2.71. The lowest BCUT2D eigenvalue weighted by atomic mass is 9.99. The molecule has 104 valence electrons. The van der Waals surface area contributed by atoms with E-state index in [2.05, 4.69) is 0 Å². The second-order valence-corrected chi connectivity index (χ2v) is 4.72. The normalized spacial score (nSPS) is 13.9. The van der Waals surface area contributed by atoms with Crippen molar-refractivity contribution in [2.24, 2.45) is 5.73 Å². The monoisotopic (exact) mass is 273 g/mol. The van der Waals surface area contributed by atoms with Crippen molar-refractivity contribution in [3.8, 4) is 22.6 Å². The van der Waals surface area contributed by atoms with Gasteiger partial charge >= 0.3 is 0 Å². The number of nitrogens with two attached hydrogens (primary N) is 1. The van der Waals surface area contributed by atoms with E-state index in [4.69, 9.17) is 15.2 Å². The quantitative estimate of drug-likeness (QED) is 0.914. The summed E-state index contributed by atoms with van der Waals surface area (Å²) in [7, 11) is 0. The third kappa shape index (κ3) is 2.47. The molecule has 2 aromatic rings. The lowest BCUT2D eigenvalue weighted by Crippen LogP contribution is -2.00. The number of rotatable bonds is 2. The number of hydrogen-bond donors (Lipinski definition) is 1. The van der Waals surface area contributed by atoms with Crippen molar-refractivity contribution >= 4 is 0 Å². The summed E-state index contributed by atoms with van der Waals surface area (Å²) in [6.07, 6.45) is 0.870. The van der Waals surface area contributed by atoms with Gasteiger partial charge in [-0.15, -0.1) is 0 Å². The van der Waals surface area contributed by atoms with E-state index in [-0.39, 0.29) is 5.82 Å². The summed E-state index contributed by atoms with van der Waals surface area (Å²) >= 11 is 0. The third-order valence-electron chi connectivity index (χ3n) is 3.35. The molecule has 0 saturated carbocycles. The van der Waals surface area contributed by atoms with Crippen LogP contribution in [0, 0.1) is 5.82 Å². The molecule has 0 amide bonds. The van der Waals surface area contributed by atoms with Crippen LogP contribution in [0.3, 0.4) is 0 Å². The molecule has 1 aliphatic rings. The molecule has 1 heterocycles. The first-order valence-electron chi connectivity index (χ1n) is 6.66. The van der Waals surface area contributed by atoms with E-state index < -0.39 is 0 Å². The maximum Gasteiger partial charge on any atom is 0.161 e. The summed E-state index contributed by atoms with van der Waals surface area (Å²) in [4.78, 5) is 0. The highest BCUT2D eigenvalue weighted by Crippen LogP contribution is 2.35. The van der Waals surface area contributed by atoms with Gasteiger partial charge in [0.2, 0.25) is 0 Å². The van der Waals surface area contributed by atoms with Gasteiger partial charge in [-0.2, -0.15) is 0 Å². The minimum absolute atomic E-state index is 0.274. The van der Waals surface area contributed by atoms with Gasteiger partial charge in [-0.3, -0.25) is 0 Å². The maximum atomic E-state index is 13.3. The largest absolute Gasteiger partial charge is 0.490 e. The third-order valence-corrected chi connectivity index (χ3v) is 3.35. The van der Waals surface area contributed by atoms with Crippen LogP contribution in [0.4, 0.5) is 4.39 Å². The van der Waals surface area contributed by atoms with Crippen molar-refractivity contribution in [2.75, 3.05) is 13.2 Å². The van der Waals surface area contributed by atoms with Crippen molar-refractivity contribution in [2.45, 2.75) is 13.0 Å². The van der Waals surface area contributed by atoms with Gasteiger partial charge in [-0.1, -0.05) is 12.1 Å². The van der Waals surface area contributed by atoms with Crippen molar-refractivity contribution < 1.29 is 13.9 Å². The van der Waals surface area contributed by atoms with Crippen LogP contribution < -0.4 is 15.2 Å². The van der Waals surface area contributed by atoms with Crippen LogP contribution in [0.15, 0.2) is 36.4 Å². The Kier molecular flexibility index (Phi) is 3.56. The van der Waals surface area contributed by atoms with Crippen LogP contribution in [0.2, 0.25) is 0 Å². The Morgan fingerprint density at radius 3 is 2.60 bits per heavy atom. The van der Waals surface area contributed by atoms with E-state index in [0.717, 1.165) is 34.6 Å². The van der Waals surface area contributed by atoms with Gasteiger partial charge in [0.1, 0.15) is 5.82 Å². The number of halogens is 1. The molecule has 0 unspecified atom stereocenters. The van der Waals surface area contributed by atoms with Gasteiger partial charge in [0, 0.05) is 13.0 Å². The Labute approximate surface area is 117 Å². The topological polar surface area (TPSA) is 44.5 Å². The van der Waals surface area contributed by atoms with Crippen molar-refractivity contribution in [1.82, 2.24) is 0 Å². The average molecular weight is 273 g/mol. The number of fused-ring (bicyclic) bond motifs is 1. The van der Waals surface area contributed by atoms with Crippen molar-refractivity contribution in [3.63, 3.8) is 0 Å². The molecule has 0 saturated heterocycles. The SMILES string of the molecule is NCc1cc(F)ccc1-c1ccc2c(c1)OCCCO2. The zero-order valence-corrected chi connectivity index (χ0v) is 11.1. The van der Waals surface area contributed by atoms with E-state index in [9.17, 15) is 4.39 Å². The van der Waals surface area contributed by atoms with E-state index in [1.165, 1.54) is 12.1 Å². The zero-order chi connectivity index (χ0) is 13.9. The molecule has 0 aromatic heterocycles. The van der Waals surface area contributed by atoms with Crippen molar-refractivity contribution in [3.05, 3.63) is 47.8 Å². The Morgan fingerprint density at radius 2 is 1.80 bits per heavy atom. The van der Waals surface area contributed by atoms with Crippen LogP contribution in [0.25, 0.3) is 11.1 Å². The van der Waals surface area contributed by atoms with Crippen LogP contribution in [0.1, 0.15) is 12.0 Å². The molecule has 0 aliphatic carbocycles. The lowest BCUT2D eigenvalue weighted by Gasteiger charge is -2.12. The highest BCUT2D eigenvalue weighted by molar-refractivity contribution is 5.70. The fourth-order valence-corrected chi connectivity index (χ4v) is 2.34. The molecule has 0 spiro atoms. The Hall–Kier alpha value is -2.07. The van der Waals surface area contributed by atoms with E-state index in [0.29, 0.717) is 19.8 Å². The van der Waals surface area contributed by atoms with Crippen LogP contribution >= 0.6 is 0 Å². The highest BCUT2D eigenvalue weighted by Gasteiger charge is 2.13. The molecule has 2 aromatic carbocycles. The first kappa shape index (κ1) is 12.9. The molecule has 3 rings (SSSR count). The van der Waals surface area contributed by atoms with Crippen LogP contribution in [-0.4, -0.2) is 13.2 Å². The number of hydrogen-bond acceptors (Lipinski definition) is 3. The van der Waals surface area contributed by atoms with E-state index in [1.54, 1.807) is 6.07 Å². The summed E-state index contributed by atoms with van der Waals surface area (Å²) < 4.78 is 24.6. The molecule has 20 heavy (non-hydrogen) atoms. The summed E-state index contributed by atoms with van der Waals surface area (Å²) in [6, 6.07) is 10.4. The van der Waals surface area contributed by atoms with Crippen molar-refractivity contribution in [1.29, 1.82) is 0 Å². The van der Waals surface area contributed by atoms with Gasteiger partial charge < -0.3 is 15.2 Å². The summed E-state index contributed by atoms with van der Waals surface area (Å²) in [5, 5.41) is 0. The van der Waals surface area contributed by atoms with Gasteiger partial charge in [0.15, 0.2) is 11.5 Å². The lowest BCUT2D eigenvalue weighted by molar-refractivity contribution is 0.297.